The van der Waals surface area contributed by atoms with E-state index < -0.39 is 17.6 Å². The second-order valence-corrected chi connectivity index (χ2v) is 3.84. The Labute approximate surface area is 105 Å². The molecule has 2 aromatic rings. The van der Waals surface area contributed by atoms with Gasteiger partial charge < -0.3 is 15.9 Å². The Balaban J connectivity index is 2.57. The molecule has 0 atom stereocenters. The van der Waals surface area contributed by atoms with Gasteiger partial charge in [0.15, 0.2) is 0 Å². The Morgan fingerprint density at radius 1 is 1.26 bits per heavy atom. The first-order valence-corrected chi connectivity index (χ1v) is 5.15. The minimum Gasteiger partial charge on any atom is -0.461 e. The predicted octanol–water partition coefficient (Wildman–Crippen LogP) is 2.65. The predicted molar refractivity (Wildman–Crippen MR) is 62.1 cm³/mol. The van der Waals surface area contributed by atoms with Crippen molar-refractivity contribution in [2.24, 2.45) is 5.73 Å². The summed E-state index contributed by atoms with van der Waals surface area (Å²) in [5.41, 5.74) is 9.70. The zero-order chi connectivity index (χ0) is 14.2. The highest BCUT2D eigenvalue weighted by Gasteiger charge is 2.31. The molecule has 1 aromatic heterocycles. The maximum Gasteiger partial charge on any atom is 0.416 e. The Kier molecular flexibility index (Phi) is 2.97. The lowest BCUT2D eigenvalue weighted by atomic mass is 10.0. The van der Waals surface area contributed by atoms with Crippen molar-refractivity contribution in [2.45, 2.75) is 6.18 Å². The number of benzene rings is 1. The van der Waals surface area contributed by atoms with Crippen LogP contribution in [0.3, 0.4) is 0 Å². The molecule has 0 spiro atoms. The van der Waals surface area contributed by atoms with Gasteiger partial charge in [0.2, 0.25) is 0 Å². The smallest absolute Gasteiger partial charge is 0.416 e. The van der Waals surface area contributed by atoms with E-state index in [4.69, 9.17) is 15.9 Å². The summed E-state index contributed by atoms with van der Waals surface area (Å²) in [7, 11) is 0. The van der Waals surface area contributed by atoms with Gasteiger partial charge in [-0.25, -0.2) is 0 Å². The van der Waals surface area contributed by atoms with Crippen LogP contribution in [0.2, 0.25) is 0 Å². The van der Waals surface area contributed by atoms with E-state index in [1.54, 1.807) is 0 Å². The number of furan rings is 1. The number of hydrogen-bond acceptors (Lipinski definition) is 3. The molecule has 0 fully saturated rings. The van der Waals surface area contributed by atoms with Crippen molar-refractivity contribution in [1.29, 1.82) is 0 Å². The zero-order valence-electron chi connectivity index (χ0n) is 9.49. The third kappa shape index (κ3) is 2.40. The lowest BCUT2D eigenvalue weighted by Crippen LogP contribution is -2.13. The number of primary amides is 1. The van der Waals surface area contributed by atoms with Crippen LogP contribution in [-0.4, -0.2) is 5.91 Å². The summed E-state index contributed by atoms with van der Waals surface area (Å²) in [6, 6.07) is 4.37. The fourth-order valence-electron chi connectivity index (χ4n) is 1.67. The summed E-state index contributed by atoms with van der Waals surface area (Å²) in [4.78, 5) is 11.2. The van der Waals surface area contributed by atoms with Crippen molar-refractivity contribution in [3.63, 3.8) is 0 Å². The fraction of sp³-hybridized carbons (Fsp3) is 0.0833. The molecule has 0 aliphatic rings. The SMILES string of the molecule is NC(=O)c1c(N)coc1-c1cccc(C(F)(F)F)c1. The van der Waals surface area contributed by atoms with E-state index in [-0.39, 0.29) is 22.6 Å². The van der Waals surface area contributed by atoms with Gasteiger partial charge in [0.25, 0.3) is 5.91 Å². The van der Waals surface area contributed by atoms with Gasteiger partial charge in [-0.15, -0.1) is 0 Å². The van der Waals surface area contributed by atoms with E-state index in [0.29, 0.717) is 0 Å². The summed E-state index contributed by atoms with van der Waals surface area (Å²) < 4.78 is 42.8. The van der Waals surface area contributed by atoms with Crippen molar-refractivity contribution in [3.8, 4) is 11.3 Å². The van der Waals surface area contributed by atoms with Gasteiger partial charge in [0, 0.05) is 5.56 Å². The molecule has 1 amide bonds. The number of carbonyl (C=O) groups is 1. The van der Waals surface area contributed by atoms with E-state index in [1.807, 2.05) is 0 Å². The number of amides is 1. The van der Waals surface area contributed by atoms with Crippen molar-refractivity contribution >= 4 is 11.6 Å². The van der Waals surface area contributed by atoms with Crippen LogP contribution in [0.5, 0.6) is 0 Å². The minimum atomic E-state index is -4.49. The van der Waals surface area contributed by atoms with E-state index in [1.165, 1.54) is 12.1 Å². The van der Waals surface area contributed by atoms with Crippen molar-refractivity contribution in [1.82, 2.24) is 0 Å². The van der Waals surface area contributed by atoms with E-state index >= 15 is 0 Å². The summed E-state index contributed by atoms with van der Waals surface area (Å²) in [6.07, 6.45) is -3.42. The van der Waals surface area contributed by atoms with Crippen LogP contribution in [0, 0.1) is 0 Å². The van der Waals surface area contributed by atoms with Gasteiger partial charge >= 0.3 is 6.18 Å². The second-order valence-electron chi connectivity index (χ2n) is 3.84. The summed E-state index contributed by atoms with van der Waals surface area (Å²) in [5, 5.41) is 0. The Morgan fingerprint density at radius 2 is 1.95 bits per heavy atom. The van der Waals surface area contributed by atoms with Gasteiger partial charge in [0.05, 0.1) is 11.3 Å². The van der Waals surface area contributed by atoms with Crippen molar-refractivity contribution in [2.75, 3.05) is 5.73 Å². The molecule has 100 valence electrons. The normalized spacial score (nSPS) is 11.5. The highest BCUT2D eigenvalue weighted by Crippen LogP contribution is 2.34. The quantitative estimate of drug-likeness (QED) is 0.880. The molecule has 0 bridgehead atoms. The largest absolute Gasteiger partial charge is 0.461 e. The fourth-order valence-corrected chi connectivity index (χ4v) is 1.67. The highest BCUT2D eigenvalue weighted by atomic mass is 19.4. The average molecular weight is 270 g/mol. The number of nitrogens with two attached hydrogens (primary N) is 2. The molecule has 0 unspecified atom stereocenters. The Hall–Kier alpha value is -2.44. The van der Waals surface area contributed by atoms with Crippen LogP contribution in [-0.2, 0) is 6.18 Å². The van der Waals surface area contributed by atoms with E-state index in [0.717, 1.165) is 18.4 Å². The molecule has 2 rings (SSSR count). The highest BCUT2D eigenvalue weighted by molar-refractivity contribution is 6.03. The van der Waals surface area contributed by atoms with Crippen LogP contribution in [0.1, 0.15) is 15.9 Å². The van der Waals surface area contributed by atoms with Crippen LogP contribution in [0.15, 0.2) is 34.9 Å². The van der Waals surface area contributed by atoms with Crippen LogP contribution in [0.25, 0.3) is 11.3 Å². The average Bonchev–Trinajstić information content (AvgIpc) is 2.70. The lowest BCUT2D eigenvalue weighted by Gasteiger charge is -2.08. The molecule has 1 heterocycles. The number of hydrogen-bond donors (Lipinski definition) is 2. The van der Waals surface area contributed by atoms with Gasteiger partial charge in [-0.3, -0.25) is 4.79 Å². The first-order valence-electron chi connectivity index (χ1n) is 5.15. The third-order valence-corrected chi connectivity index (χ3v) is 2.52. The number of carbonyl (C=O) groups excluding carboxylic acids is 1. The van der Waals surface area contributed by atoms with E-state index in [2.05, 4.69) is 0 Å². The van der Waals surface area contributed by atoms with Crippen molar-refractivity contribution in [3.05, 3.63) is 41.7 Å². The molecule has 0 aliphatic carbocycles. The number of alkyl halides is 3. The van der Waals surface area contributed by atoms with Gasteiger partial charge in [-0.05, 0) is 12.1 Å². The molecular formula is C12H9F3N2O2. The minimum absolute atomic E-state index is 0.0140. The first kappa shape index (κ1) is 13.0. The van der Waals surface area contributed by atoms with Crippen LogP contribution < -0.4 is 11.5 Å². The maximum absolute atomic E-state index is 12.6. The van der Waals surface area contributed by atoms with Gasteiger partial charge in [-0.2, -0.15) is 13.2 Å². The number of halogens is 3. The molecule has 0 saturated carbocycles. The second kappa shape index (κ2) is 4.34. The summed E-state index contributed by atoms with van der Waals surface area (Å²) in [6.45, 7) is 0. The number of nitrogen functional groups attached to an aromatic ring is 1. The topological polar surface area (TPSA) is 82.2 Å². The standard InChI is InChI=1S/C12H9F3N2O2/c13-12(14,15)7-3-1-2-6(4-7)10-9(11(17)18)8(16)5-19-10/h1-5H,16H2,(H2,17,18). The molecule has 0 aliphatic heterocycles. The monoisotopic (exact) mass is 270 g/mol. The van der Waals surface area contributed by atoms with Crippen LogP contribution in [0.4, 0.5) is 18.9 Å². The molecule has 1 aromatic carbocycles. The number of rotatable bonds is 2. The Morgan fingerprint density at radius 3 is 2.53 bits per heavy atom. The molecule has 0 radical (unpaired) electrons. The van der Waals surface area contributed by atoms with Gasteiger partial charge in [0.1, 0.15) is 17.6 Å². The van der Waals surface area contributed by atoms with Crippen molar-refractivity contribution < 1.29 is 22.4 Å². The maximum atomic E-state index is 12.6. The number of anilines is 1. The molecule has 19 heavy (non-hydrogen) atoms. The van der Waals surface area contributed by atoms with Crippen LogP contribution >= 0.6 is 0 Å². The molecule has 7 heteroatoms. The molecule has 0 saturated heterocycles. The molecule has 4 nitrogen and oxygen atoms in total. The Bertz CT molecular complexity index is 632. The zero-order valence-corrected chi connectivity index (χ0v) is 9.49. The lowest BCUT2D eigenvalue weighted by molar-refractivity contribution is -0.137. The summed E-state index contributed by atoms with van der Waals surface area (Å²) in [5.74, 6) is -0.935. The first-order chi connectivity index (χ1) is 8.80. The molecule has 4 N–H and O–H groups in total. The summed E-state index contributed by atoms with van der Waals surface area (Å²) >= 11 is 0. The van der Waals surface area contributed by atoms with E-state index in [9.17, 15) is 18.0 Å². The van der Waals surface area contributed by atoms with Gasteiger partial charge in [-0.1, -0.05) is 12.1 Å². The third-order valence-electron chi connectivity index (χ3n) is 2.52. The molecular weight excluding hydrogens is 261 g/mol.